The molecule has 14 heavy (non-hydrogen) atoms. The maximum atomic E-state index is 6.23. The Morgan fingerprint density at radius 1 is 1.43 bits per heavy atom. The summed E-state index contributed by atoms with van der Waals surface area (Å²) in [5.74, 6) is 0. The minimum Gasteiger partial charge on any atom is -0.371 e. The average Bonchev–Trinajstić information content (AvgIpc) is 2.44. The van der Waals surface area contributed by atoms with Crippen LogP contribution in [0.4, 0.5) is 0 Å². The fraction of sp³-hybridized carbons (Fsp3) is 0.846. The molecule has 1 nitrogen and oxygen atoms in total. The van der Waals surface area contributed by atoms with Crippen LogP contribution in [0.5, 0.6) is 0 Å². The first-order valence-electron chi connectivity index (χ1n) is 5.79. The zero-order valence-corrected chi connectivity index (χ0v) is 9.89. The van der Waals surface area contributed by atoms with E-state index in [1.165, 1.54) is 24.8 Å². The molecule has 0 bridgehead atoms. The highest BCUT2D eigenvalue weighted by Gasteiger charge is 2.50. The van der Waals surface area contributed by atoms with Crippen LogP contribution < -0.4 is 0 Å². The van der Waals surface area contributed by atoms with Crippen molar-refractivity contribution in [3.63, 3.8) is 0 Å². The van der Waals surface area contributed by atoms with Crippen LogP contribution >= 0.6 is 0 Å². The van der Waals surface area contributed by atoms with Crippen molar-refractivity contribution >= 4 is 0 Å². The van der Waals surface area contributed by atoms with E-state index in [-0.39, 0.29) is 5.60 Å². The minimum absolute atomic E-state index is 0.144. The van der Waals surface area contributed by atoms with Crippen molar-refractivity contribution in [2.45, 2.75) is 65.1 Å². The Morgan fingerprint density at radius 2 is 2.14 bits per heavy atom. The van der Waals surface area contributed by atoms with Gasteiger partial charge in [-0.1, -0.05) is 25.5 Å². The average molecular weight is 194 g/mol. The quantitative estimate of drug-likeness (QED) is 0.534. The molecule has 1 fully saturated rings. The van der Waals surface area contributed by atoms with Crippen molar-refractivity contribution in [2.75, 3.05) is 0 Å². The molecule has 2 rings (SSSR count). The Hall–Kier alpha value is -0.300. The standard InChI is InChI=1S/C13H22O/c1-10-5-7-12(3,4)13(9-10)8-6-11(2)14-13/h5,11H,6-9H2,1-4H3/t11-,13+/m0/s1. The molecule has 0 saturated carbocycles. The van der Waals surface area contributed by atoms with Gasteiger partial charge >= 0.3 is 0 Å². The van der Waals surface area contributed by atoms with E-state index in [0.717, 1.165) is 6.42 Å². The van der Waals surface area contributed by atoms with E-state index < -0.39 is 0 Å². The fourth-order valence-corrected chi connectivity index (χ4v) is 2.94. The highest BCUT2D eigenvalue weighted by Crippen LogP contribution is 2.52. The molecule has 0 radical (unpaired) electrons. The highest BCUT2D eigenvalue weighted by atomic mass is 16.5. The van der Waals surface area contributed by atoms with Gasteiger partial charge in [0.05, 0.1) is 11.7 Å². The zero-order valence-electron chi connectivity index (χ0n) is 9.89. The van der Waals surface area contributed by atoms with Crippen molar-refractivity contribution in [2.24, 2.45) is 5.41 Å². The number of allylic oxidation sites excluding steroid dienone is 1. The lowest BCUT2D eigenvalue weighted by Gasteiger charge is -2.46. The first kappa shape index (κ1) is 10.2. The number of hydrogen-bond acceptors (Lipinski definition) is 1. The Labute approximate surface area is 87.5 Å². The second-order valence-corrected chi connectivity index (χ2v) is 5.78. The summed E-state index contributed by atoms with van der Waals surface area (Å²) in [5.41, 5.74) is 1.97. The maximum Gasteiger partial charge on any atom is 0.0777 e. The van der Waals surface area contributed by atoms with Gasteiger partial charge < -0.3 is 4.74 Å². The molecule has 1 saturated heterocycles. The smallest absolute Gasteiger partial charge is 0.0777 e. The molecule has 1 heterocycles. The second-order valence-electron chi connectivity index (χ2n) is 5.78. The van der Waals surface area contributed by atoms with E-state index in [1.807, 2.05) is 0 Å². The van der Waals surface area contributed by atoms with Crippen LogP contribution in [0.2, 0.25) is 0 Å². The Bertz CT molecular complexity index is 264. The summed E-state index contributed by atoms with van der Waals surface area (Å²) in [5, 5.41) is 0. The molecule has 0 aromatic carbocycles. The Morgan fingerprint density at radius 3 is 2.71 bits per heavy atom. The lowest BCUT2D eigenvalue weighted by Crippen LogP contribution is -2.46. The predicted molar refractivity (Wildman–Crippen MR) is 59.3 cm³/mol. The van der Waals surface area contributed by atoms with Gasteiger partial charge in [-0.05, 0) is 44.9 Å². The van der Waals surface area contributed by atoms with E-state index in [0.29, 0.717) is 11.5 Å². The molecule has 1 aliphatic carbocycles. The molecule has 1 heteroatoms. The van der Waals surface area contributed by atoms with Crippen molar-refractivity contribution in [1.29, 1.82) is 0 Å². The minimum atomic E-state index is 0.144. The molecule has 0 unspecified atom stereocenters. The van der Waals surface area contributed by atoms with Crippen molar-refractivity contribution in [3.8, 4) is 0 Å². The molecule has 0 amide bonds. The van der Waals surface area contributed by atoms with E-state index in [1.54, 1.807) is 0 Å². The van der Waals surface area contributed by atoms with Crippen LogP contribution in [0.25, 0.3) is 0 Å². The summed E-state index contributed by atoms with van der Waals surface area (Å²) in [6.45, 7) is 9.16. The molecule has 0 aromatic heterocycles. The molecule has 1 spiro atoms. The van der Waals surface area contributed by atoms with Crippen molar-refractivity contribution in [1.82, 2.24) is 0 Å². The number of rotatable bonds is 0. The van der Waals surface area contributed by atoms with E-state index >= 15 is 0 Å². The zero-order chi connectivity index (χ0) is 10.4. The lowest BCUT2D eigenvalue weighted by atomic mass is 9.65. The molecule has 0 aromatic rings. The van der Waals surface area contributed by atoms with E-state index in [9.17, 15) is 0 Å². The van der Waals surface area contributed by atoms with Crippen LogP contribution in [0, 0.1) is 5.41 Å². The van der Waals surface area contributed by atoms with E-state index in [4.69, 9.17) is 4.74 Å². The van der Waals surface area contributed by atoms with Crippen LogP contribution in [0.15, 0.2) is 11.6 Å². The van der Waals surface area contributed by atoms with Gasteiger partial charge in [0.2, 0.25) is 0 Å². The fourth-order valence-electron chi connectivity index (χ4n) is 2.94. The van der Waals surface area contributed by atoms with Crippen LogP contribution in [-0.2, 0) is 4.74 Å². The van der Waals surface area contributed by atoms with Gasteiger partial charge in [-0.25, -0.2) is 0 Å². The Balaban J connectivity index is 2.28. The first-order chi connectivity index (χ1) is 6.45. The third-order valence-electron chi connectivity index (χ3n) is 4.14. The third-order valence-corrected chi connectivity index (χ3v) is 4.14. The molecule has 0 N–H and O–H groups in total. The van der Waals surface area contributed by atoms with Gasteiger partial charge in [0, 0.05) is 0 Å². The second kappa shape index (κ2) is 3.10. The summed E-state index contributed by atoms with van der Waals surface area (Å²) < 4.78 is 6.23. The molecule has 2 atom stereocenters. The molecule has 2 aliphatic rings. The molecule has 80 valence electrons. The highest BCUT2D eigenvalue weighted by molar-refractivity contribution is 5.17. The molecule has 1 aliphatic heterocycles. The van der Waals surface area contributed by atoms with Gasteiger partial charge in [0.15, 0.2) is 0 Å². The van der Waals surface area contributed by atoms with Crippen molar-refractivity contribution < 1.29 is 4.74 Å². The molecular weight excluding hydrogens is 172 g/mol. The topological polar surface area (TPSA) is 9.23 Å². The first-order valence-corrected chi connectivity index (χ1v) is 5.79. The summed E-state index contributed by atoms with van der Waals surface area (Å²) in [7, 11) is 0. The van der Waals surface area contributed by atoms with Crippen molar-refractivity contribution in [3.05, 3.63) is 11.6 Å². The summed E-state index contributed by atoms with van der Waals surface area (Å²) in [6, 6.07) is 0. The van der Waals surface area contributed by atoms with Gasteiger partial charge in [-0.2, -0.15) is 0 Å². The van der Waals surface area contributed by atoms with E-state index in [2.05, 4.69) is 33.8 Å². The summed E-state index contributed by atoms with van der Waals surface area (Å²) in [6.07, 6.45) is 7.64. The lowest BCUT2D eigenvalue weighted by molar-refractivity contribution is -0.113. The van der Waals surface area contributed by atoms with Crippen LogP contribution in [-0.4, -0.2) is 11.7 Å². The Kier molecular flexibility index (Phi) is 2.26. The number of hydrogen-bond donors (Lipinski definition) is 0. The third kappa shape index (κ3) is 1.42. The SMILES string of the molecule is CC1=CCC(C)(C)[C@@]2(CC[C@H](C)O2)C1. The summed E-state index contributed by atoms with van der Waals surface area (Å²) >= 11 is 0. The maximum absolute atomic E-state index is 6.23. The van der Waals surface area contributed by atoms with Gasteiger partial charge in [-0.3, -0.25) is 0 Å². The van der Waals surface area contributed by atoms with Crippen LogP contribution in [0.3, 0.4) is 0 Å². The number of ether oxygens (including phenoxy) is 1. The van der Waals surface area contributed by atoms with Crippen LogP contribution in [0.1, 0.15) is 53.4 Å². The normalized spacial score (nSPS) is 41.4. The van der Waals surface area contributed by atoms with Gasteiger partial charge in [-0.15, -0.1) is 0 Å². The van der Waals surface area contributed by atoms with Gasteiger partial charge in [0.1, 0.15) is 0 Å². The molecular formula is C13H22O. The monoisotopic (exact) mass is 194 g/mol. The largest absolute Gasteiger partial charge is 0.371 e. The summed E-state index contributed by atoms with van der Waals surface area (Å²) in [4.78, 5) is 0. The van der Waals surface area contributed by atoms with Gasteiger partial charge in [0.25, 0.3) is 0 Å². The predicted octanol–water partition coefficient (Wildman–Crippen LogP) is 3.69.